The van der Waals surface area contributed by atoms with Gasteiger partial charge in [-0.1, -0.05) is 0 Å². The van der Waals surface area contributed by atoms with Crippen LogP contribution in [0.1, 0.15) is 11.3 Å². The first kappa shape index (κ1) is 14.4. The van der Waals surface area contributed by atoms with Crippen molar-refractivity contribution in [2.75, 3.05) is 12.0 Å². The monoisotopic (exact) mass is 371 g/mol. The molecular formula is C19H17NO2Se. The molecule has 2 heterocycles. The number of nitrogens with zero attached hydrogens (tertiary/aromatic N) is 1. The fraction of sp³-hybridized carbons (Fsp3) is 0.158. The zero-order valence-corrected chi connectivity index (χ0v) is 15.0. The van der Waals surface area contributed by atoms with Crippen LogP contribution in [0.4, 0.5) is 17.3 Å². The van der Waals surface area contributed by atoms with Gasteiger partial charge in [0.25, 0.3) is 0 Å². The Labute approximate surface area is 142 Å². The summed E-state index contributed by atoms with van der Waals surface area (Å²) >= 11 is 0.257. The quantitative estimate of drug-likeness (QED) is 0.506. The normalized spacial score (nSPS) is 12.7. The zero-order chi connectivity index (χ0) is 16.0. The Bertz CT molecular complexity index is 885. The fourth-order valence-electron chi connectivity index (χ4n) is 2.88. The van der Waals surface area contributed by atoms with Gasteiger partial charge < -0.3 is 0 Å². The molecule has 23 heavy (non-hydrogen) atoms. The van der Waals surface area contributed by atoms with Crippen LogP contribution in [0, 0.1) is 13.8 Å². The number of furan rings is 1. The summed E-state index contributed by atoms with van der Waals surface area (Å²) in [5, 5.41) is 0. The molecule has 116 valence electrons. The van der Waals surface area contributed by atoms with E-state index in [0.717, 1.165) is 23.1 Å². The first-order valence-electron chi connectivity index (χ1n) is 7.49. The Morgan fingerprint density at radius 3 is 2.61 bits per heavy atom. The van der Waals surface area contributed by atoms with E-state index in [-0.39, 0.29) is 15.0 Å². The van der Waals surface area contributed by atoms with Gasteiger partial charge in [0.15, 0.2) is 0 Å². The molecule has 3 nitrogen and oxygen atoms in total. The summed E-state index contributed by atoms with van der Waals surface area (Å²) in [4.78, 5) is 2.18. The Balaban J connectivity index is 1.98. The summed E-state index contributed by atoms with van der Waals surface area (Å²) in [7, 11) is 1.71. The third-order valence-corrected chi connectivity index (χ3v) is 6.13. The van der Waals surface area contributed by atoms with Crippen LogP contribution in [-0.4, -0.2) is 22.1 Å². The van der Waals surface area contributed by atoms with Crippen LogP contribution >= 0.6 is 0 Å². The molecule has 0 atom stereocenters. The number of benzene rings is 2. The Hall–Kier alpha value is -2.16. The van der Waals surface area contributed by atoms with Crippen molar-refractivity contribution >= 4 is 41.1 Å². The number of hydrogen-bond donors (Lipinski definition) is 0. The maximum atomic E-state index is 6.05. The van der Waals surface area contributed by atoms with Crippen molar-refractivity contribution in [1.82, 2.24) is 0 Å². The van der Waals surface area contributed by atoms with E-state index in [1.807, 2.05) is 25.1 Å². The fourth-order valence-corrected chi connectivity index (χ4v) is 5.38. The Morgan fingerprint density at radius 1 is 0.957 bits per heavy atom. The summed E-state index contributed by atoms with van der Waals surface area (Å²) in [6.45, 7) is 4.14. The SMILES string of the molecule is COc1ccccc1N1c2ccc(C)cc2[Se]c2cc(C)oc21. The summed E-state index contributed by atoms with van der Waals surface area (Å²) in [6.07, 6.45) is 0. The second-order valence-electron chi connectivity index (χ2n) is 5.61. The molecule has 0 saturated carbocycles. The zero-order valence-electron chi connectivity index (χ0n) is 13.3. The minimum atomic E-state index is 0.257. The van der Waals surface area contributed by atoms with Crippen LogP contribution in [0.2, 0.25) is 0 Å². The molecule has 1 aliphatic heterocycles. The van der Waals surface area contributed by atoms with Crippen molar-refractivity contribution in [3.05, 3.63) is 59.9 Å². The molecule has 3 aromatic rings. The van der Waals surface area contributed by atoms with E-state index >= 15 is 0 Å². The number of ether oxygens (including phenoxy) is 1. The van der Waals surface area contributed by atoms with Crippen LogP contribution < -0.4 is 18.6 Å². The Morgan fingerprint density at radius 2 is 1.78 bits per heavy atom. The van der Waals surface area contributed by atoms with E-state index in [1.165, 1.54) is 20.2 Å². The molecule has 0 unspecified atom stereocenters. The predicted molar refractivity (Wildman–Crippen MR) is 94.4 cm³/mol. The van der Waals surface area contributed by atoms with Gasteiger partial charge in [-0.25, -0.2) is 0 Å². The molecule has 0 spiro atoms. The Kier molecular flexibility index (Phi) is 3.44. The van der Waals surface area contributed by atoms with Crippen molar-refractivity contribution in [3.63, 3.8) is 0 Å². The number of rotatable bonds is 2. The first-order valence-corrected chi connectivity index (χ1v) is 9.21. The molecule has 2 aromatic carbocycles. The minimum absolute atomic E-state index is 0.257. The second kappa shape index (κ2) is 5.48. The van der Waals surface area contributed by atoms with Crippen molar-refractivity contribution < 1.29 is 9.15 Å². The molecule has 4 rings (SSSR count). The molecule has 1 aliphatic rings. The molecule has 0 amide bonds. The van der Waals surface area contributed by atoms with Gasteiger partial charge in [-0.2, -0.15) is 0 Å². The van der Waals surface area contributed by atoms with Gasteiger partial charge in [-0.05, 0) is 0 Å². The molecule has 0 fully saturated rings. The summed E-state index contributed by atoms with van der Waals surface area (Å²) < 4.78 is 14.3. The van der Waals surface area contributed by atoms with Crippen LogP contribution in [0.25, 0.3) is 0 Å². The topological polar surface area (TPSA) is 25.6 Å². The molecule has 1 aromatic heterocycles. The van der Waals surface area contributed by atoms with Crippen molar-refractivity contribution in [2.45, 2.75) is 13.8 Å². The van der Waals surface area contributed by atoms with Gasteiger partial charge in [0.1, 0.15) is 0 Å². The second-order valence-corrected chi connectivity index (χ2v) is 7.88. The number of hydrogen-bond acceptors (Lipinski definition) is 3. The maximum absolute atomic E-state index is 6.05. The summed E-state index contributed by atoms with van der Waals surface area (Å²) in [5.74, 6) is 2.71. The molecule has 0 radical (unpaired) electrons. The predicted octanol–water partition coefficient (Wildman–Crippen LogP) is 3.34. The van der Waals surface area contributed by atoms with E-state index in [4.69, 9.17) is 9.15 Å². The molecule has 0 saturated heterocycles. The molecule has 0 N–H and O–H groups in total. The van der Waals surface area contributed by atoms with Crippen LogP contribution in [0.5, 0.6) is 5.75 Å². The number of methoxy groups -OCH3 is 1. The third-order valence-electron chi connectivity index (χ3n) is 3.91. The number of anilines is 3. The number of para-hydroxylation sites is 2. The van der Waals surface area contributed by atoms with Gasteiger partial charge in [0, 0.05) is 0 Å². The van der Waals surface area contributed by atoms with E-state index in [2.05, 4.69) is 42.2 Å². The average Bonchev–Trinajstić information content (AvgIpc) is 2.92. The summed E-state index contributed by atoms with van der Waals surface area (Å²) in [6, 6.07) is 16.8. The van der Waals surface area contributed by atoms with Gasteiger partial charge in [-0.3, -0.25) is 0 Å². The van der Waals surface area contributed by atoms with Gasteiger partial charge >= 0.3 is 142 Å². The van der Waals surface area contributed by atoms with Crippen LogP contribution in [0.3, 0.4) is 0 Å². The van der Waals surface area contributed by atoms with Gasteiger partial charge in [-0.15, -0.1) is 0 Å². The molecule has 0 aliphatic carbocycles. The number of fused-ring (bicyclic) bond motifs is 2. The molecule has 0 bridgehead atoms. The summed E-state index contributed by atoms with van der Waals surface area (Å²) in [5.41, 5.74) is 3.47. The van der Waals surface area contributed by atoms with Gasteiger partial charge in [0.05, 0.1) is 0 Å². The third kappa shape index (κ3) is 2.35. The van der Waals surface area contributed by atoms with Crippen LogP contribution in [-0.2, 0) is 0 Å². The van der Waals surface area contributed by atoms with E-state index in [9.17, 15) is 0 Å². The van der Waals surface area contributed by atoms with Gasteiger partial charge in [0.2, 0.25) is 0 Å². The van der Waals surface area contributed by atoms with E-state index in [0.29, 0.717) is 0 Å². The molecular weight excluding hydrogens is 353 g/mol. The number of aryl methyl sites for hydroxylation is 2. The molecule has 4 heteroatoms. The van der Waals surface area contributed by atoms with Crippen molar-refractivity contribution in [1.29, 1.82) is 0 Å². The average molecular weight is 370 g/mol. The van der Waals surface area contributed by atoms with E-state index in [1.54, 1.807) is 7.11 Å². The van der Waals surface area contributed by atoms with Crippen molar-refractivity contribution in [2.24, 2.45) is 0 Å². The van der Waals surface area contributed by atoms with E-state index < -0.39 is 0 Å². The van der Waals surface area contributed by atoms with Crippen molar-refractivity contribution in [3.8, 4) is 5.75 Å². The standard InChI is InChI=1S/C19H17NO2Se/c1-12-8-9-15-17(10-12)23-18-11-13(2)22-19(18)20(15)14-6-4-5-7-16(14)21-3/h4-11H,1-3H3. The van der Waals surface area contributed by atoms with Crippen LogP contribution in [0.15, 0.2) is 52.9 Å². The first-order chi connectivity index (χ1) is 11.2.